The highest BCUT2D eigenvalue weighted by molar-refractivity contribution is 5.45. The summed E-state index contributed by atoms with van der Waals surface area (Å²) in [6, 6.07) is 5.85. The quantitative estimate of drug-likeness (QED) is 0.771. The van der Waals surface area contributed by atoms with E-state index in [2.05, 4.69) is 5.48 Å². The molecule has 0 aliphatic carbocycles. The van der Waals surface area contributed by atoms with Crippen molar-refractivity contribution in [3.63, 3.8) is 0 Å². The highest BCUT2D eigenvalue weighted by atomic mass is 16.7. The predicted molar refractivity (Wildman–Crippen MR) is 55.6 cm³/mol. The van der Waals surface area contributed by atoms with Crippen LogP contribution in [0.25, 0.3) is 0 Å². The van der Waals surface area contributed by atoms with Gasteiger partial charge in [0.1, 0.15) is 0 Å². The van der Waals surface area contributed by atoms with Crippen molar-refractivity contribution in [3.05, 3.63) is 23.8 Å². The van der Waals surface area contributed by atoms with Crippen LogP contribution in [-0.2, 0) is 11.4 Å². The van der Waals surface area contributed by atoms with Crippen LogP contribution in [0, 0.1) is 0 Å². The minimum absolute atomic E-state index is 0.560. The first-order valence-electron chi connectivity index (χ1n) is 4.87. The van der Waals surface area contributed by atoms with E-state index in [0.717, 1.165) is 17.1 Å². The lowest BCUT2D eigenvalue weighted by Crippen LogP contribution is -2.29. The van der Waals surface area contributed by atoms with Gasteiger partial charge >= 0.3 is 0 Å². The Kier molecular flexibility index (Phi) is 2.54. The van der Waals surface area contributed by atoms with Crippen LogP contribution in [0.1, 0.15) is 19.4 Å². The summed E-state index contributed by atoms with van der Waals surface area (Å²) < 4.78 is 11.2. The average molecular weight is 209 g/mol. The molecule has 0 fully saturated rings. The molecule has 4 nitrogen and oxygen atoms in total. The molecule has 1 aliphatic heterocycles. The molecule has 0 amide bonds. The number of fused-ring (bicyclic) bond motifs is 1. The molecule has 15 heavy (non-hydrogen) atoms. The second-order valence-corrected chi connectivity index (χ2v) is 3.91. The Hall–Kier alpha value is -1.26. The largest absolute Gasteiger partial charge is 0.449 e. The Balaban J connectivity index is 2.15. The number of benzene rings is 1. The van der Waals surface area contributed by atoms with Gasteiger partial charge in [0, 0.05) is 20.4 Å². The molecule has 0 radical (unpaired) electrons. The van der Waals surface area contributed by atoms with Crippen LogP contribution >= 0.6 is 0 Å². The highest BCUT2D eigenvalue weighted by Gasteiger charge is 2.31. The molecule has 0 spiro atoms. The highest BCUT2D eigenvalue weighted by Crippen LogP contribution is 2.39. The normalized spacial score (nSPS) is 16.7. The molecule has 4 heteroatoms. The Morgan fingerprint density at radius 2 is 2.00 bits per heavy atom. The lowest BCUT2D eigenvalue weighted by molar-refractivity contribution is -0.0431. The summed E-state index contributed by atoms with van der Waals surface area (Å²) in [7, 11) is 1.59. The minimum Gasteiger partial charge on any atom is -0.449 e. The number of nitrogens with one attached hydrogen (secondary N) is 1. The van der Waals surface area contributed by atoms with Gasteiger partial charge in [-0.3, -0.25) is 0 Å². The van der Waals surface area contributed by atoms with E-state index in [1.54, 1.807) is 7.11 Å². The van der Waals surface area contributed by atoms with E-state index in [-0.39, 0.29) is 0 Å². The van der Waals surface area contributed by atoms with Crippen LogP contribution in [0.2, 0.25) is 0 Å². The van der Waals surface area contributed by atoms with E-state index in [0.29, 0.717) is 6.54 Å². The minimum atomic E-state index is -0.560. The van der Waals surface area contributed by atoms with Gasteiger partial charge in [-0.05, 0) is 17.7 Å². The Labute approximate surface area is 89.1 Å². The molecule has 1 aromatic carbocycles. The first kappa shape index (κ1) is 10.3. The van der Waals surface area contributed by atoms with Crippen LogP contribution in [0.3, 0.4) is 0 Å². The maximum atomic E-state index is 5.62. The first-order chi connectivity index (χ1) is 7.11. The van der Waals surface area contributed by atoms with E-state index in [1.807, 2.05) is 32.0 Å². The molecule has 1 aromatic rings. The third-order valence-electron chi connectivity index (χ3n) is 2.14. The Morgan fingerprint density at radius 3 is 2.73 bits per heavy atom. The lowest BCUT2D eigenvalue weighted by Gasteiger charge is -2.16. The van der Waals surface area contributed by atoms with Gasteiger partial charge in [0.25, 0.3) is 0 Å². The molecule has 2 rings (SSSR count). The van der Waals surface area contributed by atoms with Gasteiger partial charge in [-0.2, -0.15) is 5.48 Å². The second-order valence-electron chi connectivity index (χ2n) is 3.91. The Bertz CT molecular complexity index is 363. The van der Waals surface area contributed by atoms with Crippen LogP contribution in [0.15, 0.2) is 18.2 Å². The van der Waals surface area contributed by atoms with Gasteiger partial charge in [-0.1, -0.05) is 6.07 Å². The molecule has 0 unspecified atom stereocenters. The first-order valence-corrected chi connectivity index (χ1v) is 4.87. The molecule has 0 bridgehead atoms. The zero-order valence-corrected chi connectivity index (χ0v) is 9.16. The number of hydrogen-bond donors (Lipinski definition) is 1. The van der Waals surface area contributed by atoms with E-state index < -0.39 is 5.79 Å². The van der Waals surface area contributed by atoms with Crippen molar-refractivity contribution in [2.24, 2.45) is 0 Å². The van der Waals surface area contributed by atoms with Crippen molar-refractivity contribution in [1.82, 2.24) is 5.48 Å². The van der Waals surface area contributed by atoms with Gasteiger partial charge in [0.15, 0.2) is 11.5 Å². The summed E-state index contributed by atoms with van der Waals surface area (Å²) in [5.41, 5.74) is 3.87. The zero-order valence-electron chi connectivity index (χ0n) is 9.16. The summed E-state index contributed by atoms with van der Waals surface area (Å²) in [5, 5.41) is 0. The van der Waals surface area contributed by atoms with Gasteiger partial charge in [-0.25, -0.2) is 0 Å². The van der Waals surface area contributed by atoms with Crippen molar-refractivity contribution in [2.45, 2.75) is 26.2 Å². The van der Waals surface area contributed by atoms with Gasteiger partial charge in [-0.15, -0.1) is 0 Å². The fourth-order valence-electron chi connectivity index (χ4n) is 1.53. The standard InChI is InChI=1S/C11H15NO3/c1-11(2)14-9-5-4-8(7-12-13-3)6-10(9)15-11/h4-6,12H,7H2,1-3H3. The smallest absolute Gasteiger partial charge is 0.246 e. The molecule has 82 valence electrons. The van der Waals surface area contributed by atoms with Gasteiger partial charge < -0.3 is 14.3 Å². The number of hydroxylamine groups is 1. The lowest BCUT2D eigenvalue weighted by atomic mass is 10.2. The topological polar surface area (TPSA) is 39.7 Å². The van der Waals surface area contributed by atoms with Crippen LogP contribution in [0.5, 0.6) is 11.5 Å². The fraction of sp³-hybridized carbons (Fsp3) is 0.455. The Morgan fingerprint density at radius 1 is 1.27 bits per heavy atom. The summed E-state index contributed by atoms with van der Waals surface area (Å²) in [6.07, 6.45) is 0. The van der Waals surface area contributed by atoms with Crippen LogP contribution < -0.4 is 15.0 Å². The van der Waals surface area contributed by atoms with E-state index in [9.17, 15) is 0 Å². The maximum Gasteiger partial charge on any atom is 0.246 e. The predicted octanol–water partition coefficient (Wildman–Crippen LogP) is 1.84. The number of hydrogen-bond acceptors (Lipinski definition) is 4. The van der Waals surface area contributed by atoms with Gasteiger partial charge in [0.05, 0.1) is 7.11 Å². The van der Waals surface area contributed by atoms with Crippen molar-refractivity contribution >= 4 is 0 Å². The molecular formula is C11H15NO3. The summed E-state index contributed by atoms with van der Waals surface area (Å²) in [6.45, 7) is 4.42. The molecule has 0 saturated carbocycles. The van der Waals surface area contributed by atoms with Crippen molar-refractivity contribution in [3.8, 4) is 11.5 Å². The molecule has 1 heterocycles. The molecule has 0 atom stereocenters. The molecule has 0 aromatic heterocycles. The zero-order chi connectivity index (χ0) is 10.9. The molecule has 0 saturated heterocycles. The van der Waals surface area contributed by atoms with Crippen molar-refractivity contribution in [2.75, 3.05) is 7.11 Å². The third-order valence-corrected chi connectivity index (χ3v) is 2.14. The maximum absolute atomic E-state index is 5.62. The molecular weight excluding hydrogens is 194 g/mol. The SMILES string of the molecule is CONCc1ccc2c(c1)OC(C)(C)O2. The monoisotopic (exact) mass is 209 g/mol. The average Bonchev–Trinajstić information content (AvgIpc) is 2.47. The third kappa shape index (κ3) is 2.22. The van der Waals surface area contributed by atoms with Crippen molar-refractivity contribution < 1.29 is 14.3 Å². The number of ether oxygens (including phenoxy) is 2. The second kappa shape index (κ2) is 3.72. The van der Waals surface area contributed by atoms with Crippen LogP contribution in [0.4, 0.5) is 0 Å². The van der Waals surface area contributed by atoms with E-state index >= 15 is 0 Å². The number of rotatable bonds is 3. The summed E-state index contributed by atoms with van der Waals surface area (Å²) in [4.78, 5) is 4.78. The van der Waals surface area contributed by atoms with Crippen LogP contribution in [-0.4, -0.2) is 12.9 Å². The summed E-state index contributed by atoms with van der Waals surface area (Å²) >= 11 is 0. The molecule has 1 N–H and O–H groups in total. The molecule has 1 aliphatic rings. The fourth-order valence-corrected chi connectivity index (χ4v) is 1.53. The van der Waals surface area contributed by atoms with Gasteiger partial charge in [0.2, 0.25) is 5.79 Å². The summed E-state index contributed by atoms with van der Waals surface area (Å²) in [5.74, 6) is 1.02. The van der Waals surface area contributed by atoms with E-state index in [1.165, 1.54) is 0 Å². The van der Waals surface area contributed by atoms with E-state index in [4.69, 9.17) is 14.3 Å². The van der Waals surface area contributed by atoms with Crippen molar-refractivity contribution in [1.29, 1.82) is 0 Å².